The Morgan fingerprint density at radius 2 is 1.47 bits per heavy atom. The summed E-state index contributed by atoms with van der Waals surface area (Å²) in [6, 6.07) is 37.3. The molecule has 1 amide bonds. The van der Waals surface area contributed by atoms with E-state index in [0.29, 0.717) is 23.5 Å². The minimum absolute atomic E-state index is 0.235. The third kappa shape index (κ3) is 3.17. The van der Waals surface area contributed by atoms with Gasteiger partial charge in [0, 0.05) is 28.9 Å². The number of para-hydroxylation sites is 3. The number of aromatic nitrogens is 2. The molecule has 6 nitrogen and oxygen atoms in total. The van der Waals surface area contributed by atoms with Gasteiger partial charge in [-0.1, -0.05) is 78.9 Å². The lowest BCUT2D eigenvalue weighted by atomic mass is 9.59. The number of benzene rings is 5. The van der Waals surface area contributed by atoms with Crippen molar-refractivity contribution in [1.29, 1.82) is 0 Å². The Balaban J connectivity index is 1.41. The van der Waals surface area contributed by atoms with Crippen LogP contribution in [0.1, 0.15) is 44.3 Å². The van der Waals surface area contributed by atoms with Crippen molar-refractivity contribution in [3.05, 3.63) is 161 Å². The first-order valence-electron chi connectivity index (χ1n) is 16.0. The van der Waals surface area contributed by atoms with Crippen molar-refractivity contribution in [3.8, 4) is 11.3 Å². The summed E-state index contributed by atoms with van der Waals surface area (Å²) in [5.74, 6) is -1.87. The zero-order chi connectivity index (χ0) is 31.5. The highest BCUT2D eigenvalue weighted by atomic mass is 19.1. The highest BCUT2D eigenvalue weighted by molar-refractivity contribution is 6.13. The van der Waals surface area contributed by atoms with Crippen LogP contribution in [0, 0.1) is 11.7 Å². The molecule has 1 aliphatic carbocycles. The van der Waals surface area contributed by atoms with Crippen LogP contribution in [0.15, 0.2) is 121 Å². The number of anilines is 1. The molecule has 10 rings (SSSR count). The topological polar surface area (TPSA) is 75.2 Å². The van der Waals surface area contributed by atoms with Gasteiger partial charge in [-0.15, -0.1) is 0 Å². The molecule has 0 radical (unpaired) electrons. The zero-order valence-corrected chi connectivity index (χ0v) is 25.2. The lowest BCUT2D eigenvalue weighted by molar-refractivity contribution is -0.128. The van der Waals surface area contributed by atoms with Crippen LogP contribution in [-0.2, 0) is 22.2 Å². The van der Waals surface area contributed by atoms with Gasteiger partial charge in [-0.05, 0) is 65.6 Å². The van der Waals surface area contributed by atoms with Gasteiger partial charge in [0.05, 0.1) is 39.8 Å². The first kappa shape index (κ1) is 26.7. The maximum atomic E-state index is 15.6. The van der Waals surface area contributed by atoms with E-state index in [0.717, 1.165) is 45.4 Å². The number of halogens is 1. The minimum Gasteiger partial charge on any atom is -0.324 e. The molecule has 47 heavy (non-hydrogen) atoms. The van der Waals surface area contributed by atoms with Gasteiger partial charge >= 0.3 is 0 Å². The summed E-state index contributed by atoms with van der Waals surface area (Å²) < 4.78 is 14.3. The van der Waals surface area contributed by atoms with E-state index in [9.17, 15) is 9.18 Å². The van der Waals surface area contributed by atoms with Crippen molar-refractivity contribution < 1.29 is 14.0 Å². The van der Waals surface area contributed by atoms with Gasteiger partial charge in [-0.2, -0.15) is 0 Å². The SMILES string of the molecule is O=C(c1ccc(F)cc1)C1C2(c3ccccc3-c3nc4ccccc4nc32)C2c3ccccc3CCN2C12C(=O)Nc1ccccc12. The fraction of sp³-hybridized carbons (Fsp3) is 0.150. The van der Waals surface area contributed by atoms with Gasteiger partial charge in [0.15, 0.2) is 5.78 Å². The second-order valence-electron chi connectivity index (χ2n) is 12.9. The molecule has 0 saturated carbocycles. The van der Waals surface area contributed by atoms with Crippen LogP contribution >= 0.6 is 0 Å². The number of nitrogens with zero attached hydrogens (tertiary/aromatic N) is 3. The molecule has 5 aromatic carbocycles. The summed E-state index contributed by atoms with van der Waals surface area (Å²) in [5.41, 5.74) is 6.29. The highest BCUT2D eigenvalue weighted by Gasteiger charge is 2.77. The number of fused-ring (bicyclic) bond motifs is 13. The lowest BCUT2D eigenvalue weighted by Crippen LogP contribution is -2.55. The molecule has 4 heterocycles. The van der Waals surface area contributed by atoms with Gasteiger partial charge in [-0.25, -0.2) is 14.4 Å². The Morgan fingerprint density at radius 3 is 2.30 bits per heavy atom. The van der Waals surface area contributed by atoms with E-state index in [4.69, 9.17) is 9.97 Å². The first-order valence-corrected chi connectivity index (χ1v) is 16.0. The Labute approximate surface area is 269 Å². The maximum absolute atomic E-state index is 15.6. The third-order valence-corrected chi connectivity index (χ3v) is 11.0. The summed E-state index contributed by atoms with van der Waals surface area (Å²) in [7, 11) is 0. The second-order valence-corrected chi connectivity index (χ2v) is 12.9. The fourth-order valence-corrected chi connectivity index (χ4v) is 9.33. The molecule has 6 aromatic rings. The molecule has 1 N–H and O–H groups in total. The van der Waals surface area contributed by atoms with Crippen LogP contribution in [-0.4, -0.2) is 33.1 Å². The van der Waals surface area contributed by atoms with Crippen molar-refractivity contribution in [1.82, 2.24) is 14.9 Å². The largest absolute Gasteiger partial charge is 0.324 e. The maximum Gasteiger partial charge on any atom is 0.250 e. The quantitative estimate of drug-likeness (QED) is 0.213. The smallest absolute Gasteiger partial charge is 0.250 e. The highest BCUT2D eigenvalue weighted by Crippen LogP contribution is 2.72. The summed E-state index contributed by atoms with van der Waals surface area (Å²) in [6.45, 7) is 0.552. The van der Waals surface area contributed by atoms with Crippen LogP contribution in [0.3, 0.4) is 0 Å². The van der Waals surface area contributed by atoms with Gasteiger partial charge in [0.2, 0.25) is 5.91 Å². The molecule has 226 valence electrons. The number of hydrogen-bond donors (Lipinski definition) is 1. The number of hydrogen-bond acceptors (Lipinski definition) is 5. The van der Waals surface area contributed by atoms with E-state index in [1.807, 2.05) is 66.7 Å². The number of Topliss-reactive ketones (excluding diaryl/α,β-unsaturated/α-hetero) is 1. The normalized spacial score (nSPS) is 24.9. The second kappa shape index (κ2) is 9.27. The fourth-order valence-electron chi connectivity index (χ4n) is 9.33. The number of nitrogens with one attached hydrogen (secondary N) is 1. The Hall–Kier alpha value is -5.53. The minimum atomic E-state index is -1.39. The van der Waals surface area contributed by atoms with Gasteiger partial charge in [-0.3, -0.25) is 14.5 Å². The summed E-state index contributed by atoms with van der Waals surface area (Å²) in [6.07, 6.45) is 0.718. The van der Waals surface area contributed by atoms with Gasteiger partial charge in [0.1, 0.15) is 11.4 Å². The monoisotopic (exact) mass is 614 g/mol. The average Bonchev–Trinajstić information content (AvgIpc) is 3.68. The molecule has 1 aromatic heterocycles. The van der Waals surface area contributed by atoms with Crippen LogP contribution in [0.4, 0.5) is 10.1 Å². The van der Waals surface area contributed by atoms with Crippen LogP contribution in [0.5, 0.6) is 0 Å². The van der Waals surface area contributed by atoms with Crippen LogP contribution in [0.2, 0.25) is 0 Å². The lowest BCUT2D eigenvalue weighted by Gasteiger charge is -2.42. The number of carbonyl (C=O) groups excluding carboxylic acids is 2. The molecule has 4 unspecified atom stereocenters. The Bertz CT molecular complexity index is 2340. The van der Waals surface area contributed by atoms with Crippen LogP contribution in [0.25, 0.3) is 22.3 Å². The molecule has 7 heteroatoms. The van der Waals surface area contributed by atoms with Crippen LogP contribution < -0.4 is 5.32 Å². The number of amides is 1. The molecule has 0 bridgehead atoms. The number of carbonyl (C=O) groups is 2. The Kier molecular flexibility index (Phi) is 5.26. The van der Waals surface area contributed by atoms with E-state index in [1.54, 1.807) is 0 Å². The summed E-state index contributed by atoms with van der Waals surface area (Å²) >= 11 is 0. The van der Waals surface area contributed by atoms with Crippen molar-refractivity contribution in [2.24, 2.45) is 5.92 Å². The molecule has 4 atom stereocenters. The number of ketones is 1. The van der Waals surface area contributed by atoms with E-state index in [-0.39, 0.29) is 11.7 Å². The standard InChI is InChI=1S/C40H27FN4O2/c41-25-19-17-24(18-20-25)34(46)35-39(28-12-4-3-11-27(28)33-36(39)43-32-16-8-7-15-31(32)42-33)37-26-10-2-1-9-23(26)21-22-45(37)40(35)29-13-5-6-14-30(29)44-38(40)47/h1-20,35,37H,21-22H2,(H,44,47). The first-order chi connectivity index (χ1) is 23.0. The Morgan fingerprint density at radius 1 is 0.787 bits per heavy atom. The predicted molar refractivity (Wildman–Crippen MR) is 176 cm³/mol. The van der Waals surface area contributed by atoms with E-state index in [1.165, 1.54) is 29.8 Å². The van der Waals surface area contributed by atoms with Crippen molar-refractivity contribution >= 4 is 28.4 Å². The summed E-state index contributed by atoms with van der Waals surface area (Å²) in [5, 5.41) is 3.19. The molecular weight excluding hydrogens is 587 g/mol. The zero-order valence-electron chi connectivity index (χ0n) is 25.2. The van der Waals surface area contributed by atoms with Crippen molar-refractivity contribution in [2.75, 3.05) is 11.9 Å². The van der Waals surface area contributed by atoms with Crippen molar-refractivity contribution in [3.63, 3.8) is 0 Å². The predicted octanol–water partition coefficient (Wildman–Crippen LogP) is 7.00. The molecule has 3 aliphatic heterocycles. The number of rotatable bonds is 2. The third-order valence-electron chi connectivity index (χ3n) is 11.0. The van der Waals surface area contributed by atoms with Gasteiger partial charge in [0.25, 0.3) is 0 Å². The van der Waals surface area contributed by atoms with Gasteiger partial charge < -0.3 is 5.32 Å². The molecule has 4 aliphatic rings. The average molecular weight is 615 g/mol. The van der Waals surface area contributed by atoms with Crippen molar-refractivity contribution in [2.45, 2.75) is 23.4 Å². The molecule has 1 saturated heterocycles. The molecule has 2 spiro atoms. The molecular formula is C40H27FN4O2. The summed E-state index contributed by atoms with van der Waals surface area (Å²) in [4.78, 5) is 43.5. The van der Waals surface area contributed by atoms with E-state index in [2.05, 4.69) is 40.5 Å². The molecule has 1 fully saturated rings. The van der Waals surface area contributed by atoms with E-state index < -0.39 is 28.7 Å². The van der Waals surface area contributed by atoms with E-state index >= 15 is 4.79 Å².